The molecule has 0 unspecified atom stereocenters. The number of rotatable bonds is 2. The summed E-state index contributed by atoms with van der Waals surface area (Å²) < 4.78 is 0. The molecule has 1 aliphatic heterocycles. The van der Waals surface area contributed by atoms with Crippen molar-refractivity contribution in [2.45, 2.75) is 25.8 Å². The van der Waals surface area contributed by atoms with Gasteiger partial charge in [-0.1, -0.05) is 24.1 Å². The van der Waals surface area contributed by atoms with Crippen molar-refractivity contribution in [2.24, 2.45) is 0 Å². The second-order valence-electron chi connectivity index (χ2n) is 3.87. The first kappa shape index (κ1) is 10.0. The molecule has 0 spiro atoms. The molecule has 0 aromatic heterocycles. The molecule has 1 aromatic carbocycles. The summed E-state index contributed by atoms with van der Waals surface area (Å²) in [5, 5.41) is 0.816. The lowest BCUT2D eigenvalue weighted by atomic mass is 10.1. The molecule has 0 amide bonds. The van der Waals surface area contributed by atoms with Gasteiger partial charge in [-0.3, -0.25) is 4.90 Å². The molecular formula is C12H15ClN. The van der Waals surface area contributed by atoms with E-state index in [1.165, 1.54) is 37.9 Å². The topological polar surface area (TPSA) is 3.24 Å². The number of hydrogen-bond acceptors (Lipinski definition) is 1. The van der Waals surface area contributed by atoms with Crippen molar-refractivity contribution in [2.75, 3.05) is 13.1 Å². The van der Waals surface area contributed by atoms with Crippen LogP contribution in [-0.2, 0) is 6.54 Å². The maximum Gasteiger partial charge on any atom is 0.0409 e. The molecule has 0 bridgehead atoms. The minimum Gasteiger partial charge on any atom is -0.299 e. The minimum atomic E-state index is 0.816. The number of nitrogens with zero attached hydrogens (tertiary/aromatic N) is 1. The largest absolute Gasteiger partial charge is 0.299 e. The van der Waals surface area contributed by atoms with Crippen LogP contribution in [0.25, 0.3) is 0 Å². The van der Waals surface area contributed by atoms with Crippen molar-refractivity contribution in [3.63, 3.8) is 0 Å². The summed E-state index contributed by atoms with van der Waals surface area (Å²) >= 11 is 5.92. The zero-order valence-electron chi connectivity index (χ0n) is 8.30. The fraction of sp³-hybridized carbons (Fsp3) is 0.500. The van der Waals surface area contributed by atoms with Gasteiger partial charge in [-0.05, 0) is 49.7 Å². The van der Waals surface area contributed by atoms with Crippen molar-refractivity contribution in [1.82, 2.24) is 4.90 Å². The Kier molecular flexibility index (Phi) is 3.44. The maximum absolute atomic E-state index is 5.92. The van der Waals surface area contributed by atoms with Gasteiger partial charge in [0, 0.05) is 11.6 Å². The van der Waals surface area contributed by atoms with Gasteiger partial charge in [0.25, 0.3) is 0 Å². The normalized spacial score (nSPS) is 18.4. The Balaban J connectivity index is 1.95. The van der Waals surface area contributed by atoms with E-state index in [0.717, 1.165) is 11.6 Å². The van der Waals surface area contributed by atoms with E-state index in [9.17, 15) is 0 Å². The Hall–Kier alpha value is -0.530. The summed E-state index contributed by atoms with van der Waals surface area (Å²) in [6.45, 7) is 3.45. The SMILES string of the molecule is Clc1cc[c]c(CN2CCCCC2)c1. The number of hydrogen-bond donors (Lipinski definition) is 0. The van der Waals surface area contributed by atoms with Crippen molar-refractivity contribution in [3.05, 3.63) is 34.9 Å². The highest BCUT2D eigenvalue weighted by Gasteiger charge is 2.10. The average Bonchev–Trinajstić information content (AvgIpc) is 2.19. The summed E-state index contributed by atoms with van der Waals surface area (Å²) in [6, 6.07) is 9.02. The Bertz CT molecular complexity index is 292. The zero-order chi connectivity index (χ0) is 9.80. The lowest BCUT2D eigenvalue weighted by Crippen LogP contribution is -2.29. The van der Waals surface area contributed by atoms with Crippen LogP contribution >= 0.6 is 11.6 Å². The van der Waals surface area contributed by atoms with E-state index in [0.29, 0.717) is 0 Å². The van der Waals surface area contributed by atoms with Gasteiger partial charge >= 0.3 is 0 Å². The molecule has 75 valence electrons. The van der Waals surface area contributed by atoms with Crippen LogP contribution in [0.3, 0.4) is 0 Å². The molecule has 1 nitrogen and oxygen atoms in total. The highest BCUT2D eigenvalue weighted by atomic mass is 35.5. The lowest BCUT2D eigenvalue weighted by Gasteiger charge is -2.26. The molecule has 2 rings (SSSR count). The van der Waals surface area contributed by atoms with Gasteiger partial charge in [0.1, 0.15) is 0 Å². The number of halogens is 1. The first-order valence-corrected chi connectivity index (χ1v) is 5.61. The van der Waals surface area contributed by atoms with Gasteiger partial charge < -0.3 is 0 Å². The number of likely N-dealkylation sites (tertiary alicyclic amines) is 1. The van der Waals surface area contributed by atoms with E-state index < -0.39 is 0 Å². The molecule has 0 N–H and O–H groups in total. The fourth-order valence-corrected chi connectivity index (χ4v) is 2.13. The third-order valence-electron chi connectivity index (χ3n) is 2.67. The summed E-state index contributed by atoms with van der Waals surface area (Å²) in [6.07, 6.45) is 4.05. The molecule has 1 aromatic rings. The predicted octanol–water partition coefficient (Wildman–Crippen LogP) is 3.13. The van der Waals surface area contributed by atoms with Gasteiger partial charge in [-0.15, -0.1) is 0 Å². The Morgan fingerprint density at radius 3 is 2.79 bits per heavy atom. The maximum atomic E-state index is 5.92. The monoisotopic (exact) mass is 208 g/mol. The second-order valence-corrected chi connectivity index (χ2v) is 4.31. The van der Waals surface area contributed by atoms with Gasteiger partial charge in [0.2, 0.25) is 0 Å². The zero-order valence-corrected chi connectivity index (χ0v) is 9.06. The molecule has 2 heteroatoms. The van der Waals surface area contributed by atoms with Gasteiger partial charge in [0.05, 0.1) is 0 Å². The van der Waals surface area contributed by atoms with Crippen molar-refractivity contribution in [3.8, 4) is 0 Å². The van der Waals surface area contributed by atoms with Crippen LogP contribution in [0.4, 0.5) is 0 Å². The van der Waals surface area contributed by atoms with Crippen LogP contribution in [0.15, 0.2) is 18.2 Å². The second kappa shape index (κ2) is 4.81. The lowest BCUT2D eigenvalue weighted by molar-refractivity contribution is 0.221. The van der Waals surface area contributed by atoms with Crippen LogP contribution in [0.5, 0.6) is 0 Å². The first-order chi connectivity index (χ1) is 6.84. The molecule has 14 heavy (non-hydrogen) atoms. The molecule has 1 radical (unpaired) electrons. The van der Waals surface area contributed by atoms with Crippen molar-refractivity contribution >= 4 is 11.6 Å². The van der Waals surface area contributed by atoms with E-state index in [2.05, 4.69) is 11.0 Å². The van der Waals surface area contributed by atoms with Crippen LogP contribution in [-0.4, -0.2) is 18.0 Å². The van der Waals surface area contributed by atoms with Crippen molar-refractivity contribution < 1.29 is 0 Å². The molecule has 1 heterocycles. The third-order valence-corrected chi connectivity index (χ3v) is 2.90. The fourth-order valence-electron chi connectivity index (χ4n) is 1.93. The van der Waals surface area contributed by atoms with Gasteiger partial charge in [-0.2, -0.15) is 0 Å². The van der Waals surface area contributed by atoms with Crippen LogP contribution < -0.4 is 0 Å². The summed E-state index contributed by atoms with van der Waals surface area (Å²) in [5.74, 6) is 0. The Labute approximate surface area is 90.7 Å². The van der Waals surface area contributed by atoms with Gasteiger partial charge in [0.15, 0.2) is 0 Å². The Morgan fingerprint density at radius 2 is 2.07 bits per heavy atom. The summed E-state index contributed by atoms with van der Waals surface area (Å²) in [5.41, 5.74) is 1.21. The molecule has 0 atom stereocenters. The van der Waals surface area contributed by atoms with Gasteiger partial charge in [-0.25, -0.2) is 0 Å². The van der Waals surface area contributed by atoms with Crippen molar-refractivity contribution in [1.29, 1.82) is 0 Å². The van der Waals surface area contributed by atoms with Crippen LogP contribution in [0.2, 0.25) is 5.02 Å². The van der Waals surface area contributed by atoms with E-state index in [1.807, 2.05) is 18.2 Å². The van der Waals surface area contributed by atoms with E-state index >= 15 is 0 Å². The summed E-state index contributed by atoms with van der Waals surface area (Å²) in [7, 11) is 0. The molecule has 1 fully saturated rings. The van der Waals surface area contributed by atoms with E-state index in [-0.39, 0.29) is 0 Å². The molecule has 0 aliphatic carbocycles. The average molecular weight is 209 g/mol. The first-order valence-electron chi connectivity index (χ1n) is 5.23. The number of piperidine rings is 1. The predicted molar refractivity (Wildman–Crippen MR) is 59.4 cm³/mol. The highest BCUT2D eigenvalue weighted by molar-refractivity contribution is 6.30. The van der Waals surface area contributed by atoms with E-state index in [4.69, 9.17) is 11.6 Å². The minimum absolute atomic E-state index is 0.816. The molecule has 0 saturated carbocycles. The Morgan fingerprint density at radius 1 is 1.29 bits per heavy atom. The third kappa shape index (κ3) is 2.73. The smallest absolute Gasteiger partial charge is 0.0409 e. The van der Waals surface area contributed by atoms with Crippen LogP contribution in [0, 0.1) is 6.07 Å². The standard InChI is InChI=1S/C12H15ClN/c13-12-6-4-5-11(9-12)10-14-7-2-1-3-8-14/h4,6,9H,1-3,7-8,10H2. The molecule has 1 aliphatic rings. The number of benzene rings is 1. The molecule has 1 saturated heterocycles. The highest BCUT2D eigenvalue weighted by Crippen LogP contribution is 2.15. The molecular weight excluding hydrogens is 194 g/mol. The summed E-state index contributed by atoms with van der Waals surface area (Å²) in [4.78, 5) is 2.48. The van der Waals surface area contributed by atoms with Crippen LogP contribution in [0.1, 0.15) is 24.8 Å². The quantitative estimate of drug-likeness (QED) is 0.722. The van der Waals surface area contributed by atoms with E-state index in [1.54, 1.807) is 0 Å².